The molecule has 2 aromatic heterocycles. The Bertz CT molecular complexity index is 884. The van der Waals surface area contributed by atoms with Crippen LogP contribution >= 0.6 is 23.1 Å². The minimum atomic E-state index is 0.311. The van der Waals surface area contributed by atoms with E-state index in [2.05, 4.69) is 57.9 Å². The number of thioether (sulfide) groups is 1. The van der Waals surface area contributed by atoms with Crippen molar-refractivity contribution < 1.29 is 4.74 Å². The van der Waals surface area contributed by atoms with E-state index < -0.39 is 0 Å². The lowest BCUT2D eigenvalue weighted by Gasteiger charge is -2.08. The average Bonchev–Trinajstić information content (AvgIpc) is 3.40. The first-order valence-corrected chi connectivity index (χ1v) is 10.9. The van der Waals surface area contributed by atoms with Gasteiger partial charge in [0, 0.05) is 24.6 Å². The molecule has 1 aliphatic rings. The lowest BCUT2D eigenvalue weighted by molar-refractivity contribution is 0.120. The van der Waals surface area contributed by atoms with Crippen LogP contribution in [-0.4, -0.2) is 39.2 Å². The van der Waals surface area contributed by atoms with Crippen LogP contribution in [-0.2, 0) is 10.5 Å². The average molecular weight is 402 g/mol. The smallest absolute Gasteiger partial charge is 0.206 e. The van der Waals surface area contributed by atoms with Gasteiger partial charge in [0.1, 0.15) is 0 Å². The molecule has 1 aromatic carbocycles. The molecule has 0 saturated carbocycles. The zero-order valence-corrected chi connectivity index (χ0v) is 17.1. The van der Waals surface area contributed by atoms with E-state index in [1.54, 1.807) is 23.1 Å². The second-order valence-corrected chi connectivity index (χ2v) is 8.88. The topological polar surface area (TPSA) is 64.9 Å². The van der Waals surface area contributed by atoms with Crippen molar-refractivity contribution in [2.75, 3.05) is 18.5 Å². The highest BCUT2D eigenvalue weighted by Gasteiger charge is 2.16. The molecule has 1 fully saturated rings. The molecule has 142 valence electrons. The van der Waals surface area contributed by atoms with Crippen molar-refractivity contribution in [2.24, 2.45) is 0 Å². The Morgan fingerprint density at radius 2 is 2.11 bits per heavy atom. The van der Waals surface area contributed by atoms with E-state index in [1.807, 2.05) is 11.6 Å². The van der Waals surface area contributed by atoms with Gasteiger partial charge in [0.25, 0.3) is 0 Å². The third kappa shape index (κ3) is 4.69. The van der Waals surface area contributed by atoms with Crippen LogP contribution in [0.4, 0.5) is 5.13 Å². The van der Waals surface area contributed by atoms with Gasteiger partial charge in [0.2, 0.25) is 5.13 Å². The summed E-state index contributed by atoms with van der Waals surface area (Å²) >= 11 is 3.31. The molecule has 1 atom stereocenters. The second-order valence-electron chi connectivity index (χ2n) is 6.68. The summed E-state index contributed by atoms with van der Waals surface area (Å²) in [5.74, 6) is 0.873. The van der Waals surface area contributed by atoms with Crippen LogP contribution in [0.15, 0.2) is 34.7 Å². The molecule has 0 spiro atoms. The molecule has 6 nitrogen and oxygen atoms in total. The van der Waals surface area contributed by atoms with Crippen LogP contribution in [0, 0.1) is 13.8 Å². The van der Waals surface area contributed by atoms with Crippen LogP contribution in [0.5, 0.6) is 0 Å². The first kappa shape index (κ1) is 18.5. The maximum atomic E-state index is 5.62. The largest absolute Gasteiger partial charge is 0.376 e. The summed E-state index contributed by atoms with van der Waals surface area (Å²) in [6, 6.07) is 10.6. The first-order valence-electron chi connectivity index (χ1n) is 9.12. The number of nitrogens with one attached hydrogen (secondary N) is 1. The Morgan fingerprint density at radius 1 is 1.26 bits per heavy atom. The van der Waals surface area contributed by atoms with E-state index in [1.165, 1.54) is 5.56 Å². The minimum absolute atomic E-state index is 0.311. The third-order valence-electron chi connectivity index (χ3n) is 4.46. The highest BCUT2D eigenvalue weighted by Crippen LogP contribution is 2.29. The van der Waals surface area contributed by atoms with Crippen LogP contribution < -0.4 is 5.32 Å². The van der Waals surface area contributed by atoms with Gasteiger partial charge in [-0.1, -0.05) is 35.2 Å². The SMILES string of the molecule is Cc1cc(C)n(-c2ccc(CSc3nnc(NCC4CCCO4)s3)cc2)n1. The molecule has 3 aromatic rings. The van der Waals surface area contributed by atoms with Crippen LogP contribution in [0.3, 0.4) is 0 Å². The molecule has 4 rings (SSSR count). The lowest BCUT2D eigenvalue weighted by Crippen LogP contribution is -2.18. The second kappa shape index (κ2) is 8.41. The summed E-state index contributed by atoms with van der Waals surface area (Å²) in [6.07, 6.45) is 2.59. The zero-order chi connectivity index (χ0) is 18.6. The number of hydrogen-bond acceptors (Lipinski definition) is 7. The number of ether oxygens (including phenoxy) is 1. The Morgan fingerprint density at radius 3 is 2.81 bits per heavy atom. The molecule has 3 heterocycles. The predicted octanol–water partition coefficient (Wildman–Crippen LogP) is 4.22. The molecule has 1 N–H and O–H groups in total. The summed E-state index contributed by atoms with van der Waals surface area (Å²) in [5, 5.41) is 17.2. The number of aryl methyl sites for hydroxylation is 2. The molecule has 1 saturated heterocycles. The van der Waals surface area contributed by atoms with Gasteiger partial charge in [-0.25, -0.2) is 4.68 Å². The maximum absolute atomic E-state index is 5.62. The summed E-state index contributed by atoms with van der Waals surface area (Å²) < 4.78 is 8.57. The molecule has 1 unspecified atom stereocenters. The van der Waals surface area contributed by atoms with Gasteiger partial charge >= 0.3 is 0 Å². The van der Waals surface area contributed by atoms with Gasteiger partial charge < -0.3 is 10.1 Å². The van der Waals surface area contributed by atoms with Gasteiger partial charge in [-0.3, -0.25) is 0 Å². The molecule has 0 radical (unpaired) electrons. The number of anilines is 1. The normalized spacial score (nSPS) is 16.7. The van der Waals surface area contributed by atoms with E-state index in [4.69, 9.17) is 4.74 Å². The maximum Gasteiger partial charge on any atom is 0.206 e. The monoisotopic (exact) mass is 401 g/mol. The van der Waals surface area contributed by atoms with Crippen molar-refractivity contribution >= 4 is 28.2 Å². The van der Waals surface area contributed by atoms with Crippen molar-refractivity contribution in [3.8, 4) is 5.69 Å². The van der Waals surface area contributed by atoms with E-state index >= 15 is 0 Å². The number of rotatable bonds is 7. The summed E-state index contributed by atoms with van der Waals surface area (Å²) in [6.45, 7) is 5.78. The van der Waals surface area contributed by atoms with E-state index in [-0.39, 0.29) is 0 Å². The van der Waals surface area contributed by atoms with Gasteiger partial charge in [0.15, 0.2) is 4.34 Å². The third-order valence-corrected chi connectivity index (χ3v) is 6.55. The van der Waals surface area contributed by atoms with Gasteiger partial charge in [-0.15, -0.1) is 10.2 Å². The number of hydrogen-bond donors (Lipinski definition) is 1. The lowest BCUT2D eigenvalue weighted by atomic mass is 10.2. The highest BCUT2D eigenvalue weighted by atomic mass is 32.2. The van der Waals surface area contributed by atoms with Crippen molar-refractivity contribution in [3.05, 3.63) is 47.3 Å². The fourth-order valence-electron chi connectivity index (χ4n) is 3.11. The number of benzene rings is 1. The molecule has 8 heteroatoms. The standard InChI is InChI=1S/C19H23N5OS2/c1-13-10-14(2)24(23-13)16-7-5-15(6-8-16)12-26-19-22-21-18(27-19)20-11-17-4-3-9-25-17/h5-8,10,17H,3-4,9,11-12H2,1-2H3,(H,20,21). The molecule has 0 bridgehead atoms. The first-order chi connectivity index (χ1) is 13.2. The van der Waals surface area contributed by atoms with Crippen LogP contribution in [0.1, 0.15) is 29.8 Å². The number of nitrogens with zero attached hydrogens (tertiary/aromatic N) is 4. The van der Waals surface area contributed by atoms with E-state index in [0.29, 0.717) is 6.10 Å². The van der Waals surface area contributed by atoms with Crippen molar-refractivity contribution in [1.82, 2.24) is 20.0 Å². The summed E-state index contributed by atoms with van der Waals surface area (Å²) in [5.41, 5.74) is 4.53. The Kier molecular flexibility index (Phi) is 5.75. The fourth-order valence-corrected chi connectivity index (χ4v) is 4.83. The van der Waals surface area contributed by atoms with Gasteiger partial charge in [-0.2, -0.15) is 5.10 Å². The summed E-state index contributed by atoms with van der Waals surface area (Å²) in [4.78, 5) is 0. The van der Waals surface area contributed by atoms with Crippen LogP contribution in [0.25, 0.3) is 5.69 Å². The molecule has 27 heavy (non-hydrogen) atoms. The molecule has 1 aliphatic heterocycles. The summed E-state index contributed by atoms with van der Waals surface area (Å²) in [7, 11) is 0. The van der Waals surface area contributed by atoms with Crippen LogP contribution in [0.2, 0.25) is 0 Å². The quantitative estimate of drug-likeness (QED) is 0.598. The van der Waals surface area contributed by atoms with Crippen molar-refractivity contribution in [3.63, 3.8) is 0 Å². The van der Waals surface area contributed by atoms with E-state index in [0.717, 1.165) is 58.3 Å². The Hall–Kier alpha value is -1.90. The van der Waals surface area contributed by atoms with Gasteiger partial charge in [0.05, 0.1) is 17.5 Å². The molecular weight excluding hydrogens is 378 g/mol. The molecule has 0 amide bonds. The Balaban J connectivity index is 1.30. The molecular formula is C19H23N5OS2. The van der Waals surface area contributed by atoms with Crippen molar-refractivity contribution in [1.29, 1.82) is 0 Å². The van der Waals surface area contributed by atoms with Gasteiger partial charge in [-0.05, 0) is 50.5 Å². The highest BCUT2D eigenvalue weighted by molar-refractivity contribution is 8.00. The Labute approximate surface area is 167 Å². The number of aromatic nitrogens is 4. The predicted molar refractivity (Wildman–Crippen MR) is 110 cm³/mol. The fraction of sp³-hybridized carbons (Fsp3) is 0.421. The van der Waals surface area contributed by atoms with Crippen molar-refractivity contribution in [2.45, 2.75) is 42.9 Å². The van der Waals surface area contributed by atoms with E-state index in [9.17, 15) is 0 Å². The zero-order valence-electron chi connectivity index (χ0n) is 15.5. The molecule has 0 aliphatic carbocycles. The minimum Gasteiger partial charge on any atom is -0.376 e.